The summed E-state index contributed by atoms with van der Waals surface area (Å²) in [5, 5.41) is 6.26. The molecule has 1 aromatic heterocycles. The van der Waals surface area contributed by atoms with Crippen molar-refractivity contribution in [1.29, 1.82) is 0 Å². The number of benzene rings is 2. The highest BCUT2D eigenvalue weighted by Gasteiger charge is 2.21. The third kappa shape index (κ3) is 5.49. The van der Waals surface area contributed by atoms with Crippen LogP contribution in [0.2, 0.25) is 5.02 Å². The Labute approximate surface area is 193 Å². The van der Waals surface area contributed by atoms with Gasteiger partial charge in [-0.05, 0) is 30.5 Å². The number of amides is 2. The highest BCUT2D eigenvalue weighted by Crippen LogP contribution is 2.31. The Bertz CT molecular complexity index is 1100. The molecule has 0 fully saturated rings. The van der Waals surface area contributed by atoms with Crippen molar-refractivity contribution >= 4 is 51.5 Å². The number of nitrogens with one attached hydrogen (secondary N) is 2. The summed E-state index contributed by atoms with van der Waals surface area (Å²) in [5.41, 5.74) is 1.23. The van der Waals surface area contributed by atoms with Gasteiger partial charge in [0.2, 0.25) is 0 Å². The monoisotopic (exact) mass is 477 g/mol. The van der Waals surface area contributed by atoms with Crippen LogP contribution in [0.3, 0.4) is 0 Å². The van der Waals surface area contributed by atoms with E-state index in [1.54, 1.807) is 50.6 Å². The molecule has 2 N–H and O–H groups in total. The van der Waals surface area contributed by atoms with Gasteiger partial charge in [0.1, 0.15) is 16.5 Å². The van der Waals surface area contributed by atoms with E-state index in [0.29, 0.717) is 31.4 Å². The van der Waals surface area contributed by atoms with Crippen LogP contribution in [0.25, 0.3) is 0 Å². The van der Waals surface area contributed by atoms with Crippen LogP contribution >= 0.6 is 34.7 Å². The largest absolute Gasteiger partial charge is 0.497 e. The van der Waals surface area contributed by atoms with Gasteiger partial charge in [-0.2, -0.15) is 0 Å². The summed E-state index contributed by atoms with van der Waals surface area (Å²) in [6.45, 7) is 0.218. The number of aromatic nitrogens is 1. The highest BCUT2D eigenvalue weighted by atomic mass is 35.5. The second-order valence-electron chi connectivity index (χ2n) is 6.16. The lowest BCUT2D eigenvalue weighted by molar-refractivity contribution is 0.0947. The minimum absolute atomic E-state index is 0.141. The molecule has 0 atom stereocenters. The lowest BCUT2D eigenvalue weighted by Gasteiger charge is -2.11. The Kier molecular flexibility index (Phi) is 7.78. The van der Waals surface area contributed by atoms with Gasteiger partial charge in [-0.15, -0.1) is 0 Å². The molecule has 2 aromatic carbocycles. The molecule has 162 valence electrons. The summed E-state index contributed by atoms with van der Waals surface area (Å²) >= 11 is 8.72. The third-order valence-electron chi connectivity index (χ3n) is 4.28. The number of hydrogen-bond donors (Lipinski definition) is 2. The first-order chi connectivity index (χ1) is 15.0. The van der Waals surface area contributed by atoms with Crippen LogP contribution in [0.5, 0.6) is 11.5 Å². The van der Waals surface area contributed by atoms with E-state index >= 15 is 0 Å². The molecule has 0 aliphatic rings. The van der Waals surface area contributed by atoms with Crippen LogP contribution in [0.15, 0.2) is 46.8 Å². The van der Waals surface area contributed by atoms with Gasteiger partial charge in [-0.1, -0.05) is 46.8 Å². The lowest BCUT2D eigenvalue weighted by Crippen LogP contribution is -2.25. The molecule has 0 spiro atoms. The van der Waals surface area contributed by atoms with Crippen LogP contribution in [0.1, 0.15) is 26.4 Å². The maximum atomic E-state index is 12.9. The van der Waals surface area contributed by atoms with Crippen molar-refractivity contribution in [2.75, 3.05) is 25.8 Å². The van der Waals surface area contributed by atoms with Crippen molar-refractivity contribution < 1.29 is 19.1 Å². The molecule has 3 aromatic rings. The van der Waals surface area contributed by atoms with Crippen molar-refractivity contribution in [2.45, 2.75) is 10.9 Å². The standard InChI is InChI=1S/C21H20ClN3O4S2/c1-28-13-9-8-12(16(10-13)29-2)11-23-19(27)17-20(31-21(24-17)30-3)25-18(26)14-6-4-5-7-15(14)22/h4-10H,11H2,1-3H3,(H,23,27)(H,25,26). The molecule has 0 unspecified atom stereocenters. The molecule has 7 nitrogen and oxygen atoms in total. The number of carbonyl (C=O) groups is 2. The Hall–Kier alpha value is -2.75. The minimum atomic E-state index is -0.413. The van der Waals surface area contributed by atoms with Gasteiger partial charge < -0.3 is 20.1 Å². The lowest BCUT2D eigenvalue weighted by atomic mass is 10.2. The van der Waals surface area contributed by atoms with Crippen molar-refractivity contribution in [2.24, 2.45) is 0 Å². The quantitative estimate of drug-likeness (QED) is 0.456. The fourth-order valence-corrected chi connectivity index (χ4v) is 4.38. The summed E-state index contributed by atoms with van der Waals surface area (Å²) in [6.07, 6.45) is 1.85. The molecule has 0 bridgehead atoms. The number of carbonyl (C=O) groups excluding carboxylic acids is 2. The third-order valence-corrected chi connectivity index (χ3v) is 6.56. The molecule has 2 amide bonds. The average molecular weight is 478 g/mol. The second kappa shape index (κ2) is 10.5. The number of rotatable bonds is 8. The normalized spacial score (nSPS) is 10.5. The van der Waals surface area contributed by atoms with Crippen LogP contribution in [0, 0.1) is 0 Å². The zero-order valence-electron chi connectivity index (χ0n) is 17.0. The Balaban J connectivity index is 1.78. The van der Waals surface area contributed by atoms with Gasteiger partial charge in [0.15, 0.2) is 10.0 Å². The molecule has 0 saturated carbocycles. The Morgan fingerprint density at radius 3 is 2.58 bits per heavy atom. The maximum Gasteiger partial charge on any atom is 0.273 e. The Morgan fingerprint density at radius 2 is 1.90 bits per heavy atom. The van der Waals surface area contributed by atoms with Crippen LogP contribution in [-0.2, 0) is 6.54 Å². The first kappa shape index (κ1) is 22.9. The number of halogens is 1. The number of methoxy groups -OCH3 is 2. The van der Waals surface area contributed by atoms with E-state index in [-0.39, 0.29) is 12.2 Å². The maximum absolute atomic E-state index is 12.9. The molecule has 0 radical (unpaired) electrons. The number of ether oxygens (including phenoxy) is 2. The molecule has 0 aliphatic carbocycles. The SMILES string of the molecule is COc1ccc(CNC(=O)c2nc(SC)sc2NC(=O)c2ccccc2Cl)c(OC)c1. The summed E-state index contributed by atoms with van der Waals surface area (Å²) in [5.74, 6) is 0.423. The van der Waals surface area contributed by atoms with Crippen molar-refractivity contribution in [3.8, 4) is 11.5 Å². The van der Waals surface area contributed by atoms with E-state index in [0.717, 1.165) is 5.56 Å². The number of thiazole rings is 1. The summed E-state index contributed by atoms with van der Waals surface area (Å²) in [7, 11) is 3.12. The van der Waals surface area contributed by atoms with E-state index in [1.807, 2.05) is 12.3 Å². The molecule has 0 saturated heterocycles. The van der Waals surface area contributed by atoms with E-state index in [2.05, 4.69) is 15.6 Å². The molecule has 0 aliphatic heterocycles. The van der Waals surface area contributed by atoms with Gasteiger partial charge >= 0.3 is 0 Å². The van der Waals surface area contributed by atoms with Gasteiger partial charge in [0.25, 0.3) is 11.8 Å². The van der Waals surface area contributed by atoms with E-state index in [1.165, 1.54) is 23.1 Å². The molecule has 1 heterocycles. The smallest absolute Gasteiger partial charge is 0.273 e. The molecule has 31 heavy (non-hydrogen) atoms. The van der Waals surface area contributed by atoms with E-state index in [4.69, 9.17) is 21.1 Å². The number of hydrogen-bond acceptors (Lipinski definition) is 7. The Morgan fingerprint density at radius 1 is 1.13 bits per heavy atom. The van der Waals surface area contributed by atoms with Gasteiger partial charge in [-0.3, -0.25) is 9.59 Å². The number of thioether (sulfide) groups is 1. The number of nitrogens with zero attached hydrogens (tertiary/aromatic N) is 1. The van der Waals surface area contributed by atoms with Crippen molar-refractivity contribution in [1.82, 2.24) is 10.3 Å². The summed E-state index contributed by atoms with van der Waals surface area (Å²) in [4.78, 5) is 29.9. The second-order valence-corrected chi connectivity index (χ2v) is 8.62. The molecular formula is C21H20ClN3O4S2. The number of anilines is 1. The highest BCUT2D eigenvalue weighted by molar-refractivity contribution is 8.00. The fraction of sp³-hybridized carbons (Fsp3) is 0.190. The van der Waals surface area contributed by atoms with Crippen LogP contribution < -0.4 is 20.1 Å². The van der Waals surface area contributed by atoms with Gasteiger partial charge in [0.05, 0.1) is 24.8 Å². The van der Waals surface area contributed by atoms with E-state index < -0.39 is 11.8 Å². The summed E-state index contributed by atoms with van der Waals surface area (Å²) in [6, 6.07) is 12.0. The molecular weight excluding hydrogens is 458 g/mol. The first-order valence-electron chi connectivity index (χ1n) is 9.06. The summed E-state index contributed by atoms with van der Waals surface area (Å²) < 4.78 is 11.2. The van der Waals surface area contributed by atoms with Crippen molar-refractivity contribution in [3.05, 3.63) is 64.3 Å². The molecule has 3 rings (SSSR count). The van der Waals surface area contributed by atoms with E-state index in [9.17, 15) is 9.59 Å². The zero-order valence-corrected chi connectivity index (χ0v) is 19.4. The first-order valence-corrected chi connectivity index (χ1v) is 11.5. The van der Waals surface area contributed by atoms with Gasteiger partial charge in [0, 0.05) is 18.2 Å². The average Bonchev–Trinajstić information content (AvgIpc) is 3.20. The van der Waals surface area contributed by atoms with Gasteiger partial charge in [-0.25, -0.2) is 4.98 Å². The van der Waals surface area contributed by atoms with Crippen molar-refractivity contribution in [3.63, 3.8) is 0 Å². The minimum Gasteiger partial charge on any atom is -0.497 e. The fourth-order valence-electron chi connectivity index (χ4n) is 2.70. The topological polar surface area (TPSA) is 89.5 Å². The molecule has 10 heteroatoms. The predicted octanol–water partition coefficient (Wildman–Crippen LogP) is 4.72. The van der Waals surface area contributed by atoms with Crippen LogP contribution in [-0.4, -0.2) is 37.3 Å². The predicted molar refractivity (Wildman–Crippen MR) is 124 cm³/mol. The zero-order chi connectivity index (χ0) is 22.4. The van der Waals surface area contributed by atoms with Crippen LogP contribution in [0.4, 0.5) is 5.00 Å².